The standard InChI is InChI=1S/C14H18F3N5O2/c15-14(16,17)8-24-10-6-22(7-10)12-4-11(19-9-20-12)18-5-13(23)21-2-1-3-21/h4,9-10H,1-3,5-8H2,(H,18,19,20). The summed E-state index contributed by atoms with van der Waals surface area (Å²) in [6, 6.07) is 1.67. The number of ether oxygens (including phenoxy) is 1. The average molecular weight is 345 g/mol. The molecule has 2 saturated heterocycles. The Balaban J connectivity index is 1.45. The second-order valence-corrected chi connectivity index (χ2v) is 5.80. The number of aromatic nitrogens is 2. The number of hydrogen-bond donors (Lipinski definition) is 1. The topological polar surface area (TPSA) is 70.6 Å². The van der Waals surface area contributed by atoms with Gasteiger partial charge in [-0.1, -0.05) is 0 Å². The molecular formula is C14H18F3N5O2. The molecule has 1 aromatic rings. The van der Waals surface area contributed by atoms with Crippen molar-refractivity contribution < 1.29 is 22.7 Å². The molecule has 10 heteroatoms. The SMILES string of the molecule is O=C(CNc1cc(N2CC(OCC(F)(F)F)C2)ncn1)N1CCC1. The molecule has 1 amide bonds. The van der Waals surface area contributed by atoms with Gasteiger partial charge in [-0.3, -0.25) is 4.79 Å². The van der Waals surface area contributed by atoms with Gasteiger partial charge in [-0.2, -0.15) is 13.2 Å². The van der Waals surface area contributed by atoms with Gasteiger partial charge in [-0.05, 0) is 6.42 Å². The molecule has 0 saturated carbocycles. The zero-order chi connectivity index (χ0) is 17.2. The molecule has 132 valence electrons. The molecule has 24 heavy (non-hydrogen) atoms. The summed E-state index contributed by atoms with van der Waals surface area (Å²) in [5.41, 5.74) is 0. The van der Waals surface area contributed by atoms with Crippen molar-refractivity contribution in [2.75, 3.05) is 49.5 Å². The zero-order valence-corrected chi connectivity index (χ0v) is 12.9. The number of carbonyl (C=O) groups excluding carboxylic acids is 1. The molecule has 0 bridgehead atoms. The fraction of sp³-hybridized carbons (Fsp3) is 0.643. The van der Waals surface area contributed by atoms with Crippen LogP contribution >= 0.6 is 0 Å². The van der Waals surface area contributed by atoms with Gasteiger partial charge >= 0.3 is 6.18 Å². The molecule has 1 N–H and O–H groups in total. The molecule has 0 atom stereocenters. The zero-order valence-electron chi connectivity index (χ0n) is 12.9. The van der Waals surface area contributed by atoms with Gasteiger partial charge in [-0.25, -0.2) is 9.97 Å². The van der Waals surface area contributed by atoms with Crippen LogP contribution in [-0.4, -0.2) is 72.4 Å². The van der Waals surface area contributed by atoms with Crippen molar-refractivity contribution in [2.45, 2.75) is 18.7 Å². The Hall–Kier alpha value is -2.10. The van der Waals surface area contributed by atoms with Crippen LogP contribution in [0.3, 0.4) is 0 Å². The molecule has 0 aliphatic carbocycles. The summed E-state index contributed by atoms with van der Waals surface area (Å²) in [6.07, 6.45) is -2.37. The van der Waals surface area contributed by atoms with E-state index in [2.05, 4.69) is 15.3 Å². The Morgan fingerprint density at radius 3 is 2.71 bits per heavy atom. The van der Waals surface area contributed by atoms with Crippen molar-refractivity contribution in [2.24, 2.45) is 0 Å². The molecule has 7 nitrogen and oxygen atoms in total. The quantitative estimate of drug-likeness (QED) is 0.826. The maximum Gasteiger partial charge on any atom is 0.411 e. The summed E-state index contributed by atoms with van der Waals surface area (Å²) in [5.74, 6) is 1.12. The highest BCUT2D eigenvalue weighted by Crippen LogP contribution is 2.24. The first-order valence-electron chi connectivity index (χ1n) is 7.68. The van der Waals surface area contributed by atoms with Gasteiger partial charge in [0, 0.05) is 32.2 Å². The van der Waals surface area contributed by atoms with E-state index in [1.165, 1.54) is 6.33 Å². The van der Waals surface area contributed by atoms with E-state index in [1.807, 2.05) is 0 Å². The van der Waals surface area contributed by atoms with Crippen LogP contribution < -0.4 is 10.2 Å². The van der Waals surface area contributed by atoms with Crippen LogP contribution in [0.5, 0.6) is 0 Å². The summed E-state index contributed by atoms with van der Waals surface area (Å²) < 4.78 is 41.0. The highest BCUT2D eigenvalue weighted by molar-refractivity contribution is 5.81. The van der Waals surface area contributed by atoms with Gasteiger partial charge in [-0.15, -0.1) is 0 Å². The number of rotatable bonds is 6. The van der Waals surface area contributed by atoms with Crippen LogP contribution in [0.25, 0.3) is 0 Å². The highest BCUT2D eigenvalue weighted by Gasteiger charge is 2.34. The Kier molecular flexibility index (Phi) is 4.74. The van der Waals surface area contributed by atoms with Crippen molar-refractivity contribution >= 4 is 17.5 Å². The third-order valence-electron chi connectivity index (χ3n) is 3.94. The monoisotopic (exact) mass is 345 g/mol. The smallest absolute Gasteiger partial charge is 0.365 e. The molecule has 0 radical (unpaired) electrons. The number of hydrogen-bond acceptors (Lipinski definition) is 6. The van der Waals surface area contributed by atoms with E-state index in [0.717, 1.165) is 19.5 Å². The van der Waals surface area contributed by atoms with E-state index in [9.17, 15) is 18.0 Å². The first-order valence-corrected chi connectivity index (χ1v) is 7.68. The normalized spacial score (nSPS) is 18.1. The predicted molar refractivity (Wildman–Crippen MR) is 79.7 cm³/mol. The Bertz CT molecular complexity index is 588. The third-order valence-corrected chi connectivity index (χ3v) is 3.94. The third kappa shape index (κ3) is 4.25. The minimum Gasteiger partial charge on any atom is -0.365 e. The summed E-state index contributed by atoms with van der Waals surface area (Å²) in [5, 5.41) is 2.94. The van der Waals surface area contributed by atoms with Crippen LogP contribution in [-0.2, 0) is 9.53 Å². The lowest BCUT2D eigenvalue weighted by Gasteiger charge is -2.39. The molecule has 0 spiro atoms. The van der Waals surface area contributed by atoms with E-state index < -0.39 is 18.9 Å². The lowest BCUT2D eigenvalue weighted by Crippen LogP contribution is -2.53. The molecular weight excluding hydrogens is 327 g/mol. The van der Waals surface area contributed by atoms with Crippen molar-refractivity contribution in [3.05, 3.63) is 12.4 Å². The largest absolute Gasteiger partial charge is 0.411 e. The fourth-order valence-corrected chi connectivity index (χ4v) is 2.40. The second kappa shape index (κ2) is 6.80. The highest BCUT2D eigenvalue weighted by atomic mass is 19.4. The van der Waals surface area contributed by atoms with Crippen LogP contribution in [0.4, 0.5) is 24.8 Å². The molecule has 0 aromatic carbocycles. The van der Waals surface area contributed by atoms with Crippen LogP contribution in [0.15, 0.2) is 12.4 Å². The molecule has 2 aliphatic heterocycles. The number of carbonyl (C=O) groups is 1. The van der Waals surface area contributed by atoms with Gasteiger partial charge < -0.3 is 19.9 Å². The van der Waals surface area contributed by atoms with Gasteiger partial charge in [0.2, 0.25) is 5.91 Å². The Labute approximate surface area is 136 Å². The minimum absolute atomic E-state index is 0.0194. The average Bonchev–Trinajstić information content (AvgIpc) is 2.41. The molecule has 3 rings (SSSR count). The van der Waals surface area contributed by atoms with Gasteiger partial charge in [0.25, 0.3) is 0 Å². The summed E-state index contributed by atoms with van der Waals surface area (Å²) in [4.78, 5) is 23.5. The lowest BCUT2D eigenvalue weighted by molar-refractivity contribution is -0.187. The fourth-order valence-electron chi connectivity index (χ4n) is 2.40. The lowest BCUT2D eigenvalue weighted by atomic mass is 10.1. The first-order chi connectivity index (χ1) is 11.4. The summed E-state index contributed by atoms with van der Waals surface area (Å²) in [6.45, 7) is 1.21. The Morgan fingerprint density at radius 2 is 2.08 bits per heavy atom. The maximum absolute atomic E-state index is 12.1. The van der Waals surface area contributed by atoms with Crippen molar-refractivity contribution in [3.63, 3.8) is 0 Å². The van der Waals surface area contributed by atoms with Gasteiger partial charge in [0.15, 0.2) is 0 Å². The van der Waals surface area contributed by atoms with E-state index in [0.29, 0.717) is 24.7 Å². The van der Waals surface area contributed by atoms with Crippen LogP contribution in [0.2, 0.25) is 0 Å². The van der Waals surface area contributed by atoms with Crippen LogP contribution in [0.1, 0.15) is 6.42 Å². The number of amides is 1. The number of nitrogens with zero attached hydrogens (tertiary/aromatic N) is 4. The number of alkyl halides is 3. The molecule has 0 unspecified atom stereocenters. The van der Waals surface area contributed by atoms with E-state index in [-0.39, 0.29) is 12.5 Å². The van der Waals surface area contributed by atoms with Crippen molar-refractivity contribution in [3.8, 4) is 0 Å². The molecule has 2 aliphatic rings. The molecule has 2 fully saturated rings. The first kappa shape index (κ1) is 16.7. The summed E-state index contributed by atoms with van der Waals surface area (Å²) >= 11 is 0. The maximum atomic E-state index is 12.1. The van der Waals surface area contributed by atoms with Crippen LogP contribution in [0, 0.1) is 0 Å². The summed E-state index contributed by atoms with van der Waals surface area (Å²) in [7, 11) is 0. The van der Waals surface area contributed by atoms with Crippen molar-refractivity contribution in [1.29, 1.82) is 0 Å². The van der Waals surface area contributed by atoms with Gasteiger partial charge in [0.05, 0.1) is 12.6 Å². The van der Waals surface area contributed by atoms with Gasteiger partial charge in [0.1, 0.15) is 24.6 Å². The number of halogens is 3. The van der Waals surface area contributed by atoms with E-state index >= 15 is 0 Å². The number of anilines is 2. The van der Waals surface area contributed by atoms with E-state index in [1.54, 1.807) is 15.9 Å². The second-order valence-electron chi connectivity index (χ2n) is 5.80. The van der Waals surface area contributed by atoms with Crippen molar-refractivity contribution in [1.82, 2.24) is 14.9 Å². The Morgan fingerprint density at radius 1 is 1.33 bits per heavy atom. The minimum atomic E-state index is -4.31. The number of nitrogens with one attached hydrogen (secondary N) is 1. The molecule has 1 aromatic heterocycles. The predicted octanol–water partition coefficient (Wildman–Crippen LogP) is 0.888. The molecule has 3 heterocycles. The number of likely N-dealkylation sites (tertiary alicyclic amines) is 1. The van der Waals surface area contributed by atoms with E-state index in [4.69, 9.17) is 4.74 Å².